The molecule has 1 aliphatic heterocycles. The van der Waals surface area contributed by atoms with E-state index in [1.165, 1.54) is 0 Å². The summed E-state index contributed by atoms with van der Waals surface area (Å²) in [6.07, 6.45) is 2.18. The summed E-state index contributed by atoms with van der Waals surface area (Å²) in [5.41, 5.74) is 0.355. The van der Waals surface area contributed by atoms with Gasteiger partial charge < -0.3 is 5.32 Å². The molecular formula is C11H14N2O3S. The lowest BCUT2D eigenvalue weighted by Crippen LogP contribution is -2.30. The van der Waals surface area contributed by atoms with Crippen molar-refractivity contribution >= 4 is 15.7 Å². The van der Waals surface area contributed by atoms with E-state index in [0.29, 0.717) is 18.7 Å². The third-order valence-electron chi connectivity index (χ3n) is 2.78. The van der Waals surface area contributed by atoms with Gasteiger partial charge in [-0.2, -0.15) is 0 Å². The SMILES string of the molecule is O=C(NC[C@@H]1CCS(=O)(=O)C1)c1ccccn1. The maximum absolute atomic E-state index is 11.6. The average molecular weight is 254 g/mol. The van der Waals surface area contributed by atoms with Crippen LogP contribution < -0.4 is 5.32 Å². The first-order valence-electron chi connectivity index (χ1n) is 5.46. The van der Waals surface area contributed by atoms with E-state index in [-0.39, 0.29) is 23.3 Å². The Kier molecular flexibility index (Phi) is 3.42. The van der Waals surface area contributed by atoms with E-state index < -0.39 is 9.84 Å². The van der Waals surface area contributed by atoms with E-state index >= 15 is 0 Å². The molecule has 17 heavy (non-hydrogen) atoms. The van der Waals surface area contributed by atoms with Crippen LogP contribution in [0.5, 0.6) is 0 Å². The monoisotopic (exact) mass is 254 g/mol. The fourth-order valence-electron chi connectivity index (χ4n) is 1.86. The highest BCUT2D eigenvalue weighted by Gasteiger charge is 2.27. The van der Waals surface area contributed by atoms with Gasteiger partial charge >= 0.3 is 0 Å². The molecule has 1 aromatic heterocycles. The van der Waals surface area contributed by atoms with Crippen LogP contribution in [0.2, 0.25) is 0 Å². The Balaban J connectivity index is 1.86. The quantitative estimate of drug-likeness (QED) is 0.838. The highest BCUT2D eigenvalue weighted by molar-refractivity contribution is 7.91. The van der Waals surface area contributed by atoms with E-state index in [1.807, 2.05) is 0 Å². The Labute approximate surface area is 100 Å². The van der Waals surface area contributed by atoms with E-state index in [0.717, 1.165) is 0 Å². The summed E-state index contributed by atoms with van der Waals surface area (Å²) in [5.74, 6) is 0.189. The predicted octanol–water partition coefficient (Wildman–Crippen LogP) is 0.246. The Morgan fingerprint density at radius 3 is 2.88 bits per heavy atom. The van der Waals surface area contributed by atoms with Crippen LogP contribution in [0.4, 0.5) is 0 Å². The minimum Gasteiger partial charge on any atom is -0.350 e. The van der Waals surface area contributed by atoms with E-state index in [1.54, 1.807) is 24.4 Å². The van der Waals surface area contributed by atoms with E-state index in [2.05, 4.69) is 10.3 Å². The van der Waals surface area contributed by atoms with Gasteiger partial charge in [-0.25, -0.2) is 8.42 Å². The van der Waals surface area contributed by atoms with Gasteiger partial charge in [0.15, 0.2) is 9.84 Å². The molecule has 2 heterocycles. The number of sulfone groups is 1. The van der Waals surface area contributed by atoms with Crippen LogP contribution in [0.1, 0.15) is 16.9 Å². The molecule has 0 aliphatic carbocycles. The van der Waals surface area contributed by atoms with Gasteiger partial charge in [-0.3, -0.25) is 9.78 Å². The molecule has 0 saturated carbocycles. The van der Waals surface area contributed by atoms with Crippen molar-refractivity contribution in [3.8, 4) is 0 Å². The van der Waals surface area contributed by atoms with Crippen molar-refractivity contribution in [1.29, 1.82) is 0 Å². The number of hydrogen-bond acceptors (Lipinski definition) is 4. The molecule has 1 saturated heterocycles. The summed E-state index contributed by atoms with van der Waals surface area (Å²) in [7, 11) is -2.87. The third-order valence-corrected chi connectivity index (χ3v) is 4.61. The van der Waals surface area contributed by atoms with Crippen LogP contribution in [-0.2, 0) is 9.84 Å². The van der Waals surface area contributed by atoms with Gasteiger partial charge in [0.25, 0.3) is 5.91 Å². The lowest BCUT2D eigenvalue weighted by Gasteiger charge is -2.08. The maximum atomic E-state index is 11.6. The van der Waals surface area contributed by atoms with Gasteiger partial charge in [-0.1, -0.05) is 6.07 Å². The number of carbonyl (C=O) groups is 1. The zero-order chi connectivity index (χ0) is 12.3. The maximum Gasteiger partial charge on any atom is 0.269 e. The number of nitrogens with zero attached hydrogens (tertiary/aromatic N) is 1. The molecule has 5 nitrogen and oxygen atoms in total. The minimum atomic E-state index is -2.87. The third kappa shape index (κ3) is 3.26. The van der Waals surface area contributed by atoms with Crippen molar-refractivity contribution in [3.63, 3.8) is 0 Å². The van der Waals surface area contributed by atoms with E-state index in [4.69, 9.17) is 0 Å². The van der Waals surface area contributed by atoms with Crippen LogP contribution in [0, 0.1) is 5.92 Å². The largest absolute Gasteiger partial charge is 0.350 e. The molecule has 92 valence electrons. The Bertz CT molecular complexity index is 499. The van der Waals surface area contributed by atoms with Gasteiger partial charge in [-0.15, -0.1) is 0 Å². The van der Waals surface area contributed by atoms with Crippen LogP contribution in [0.3, 0.4) is 0 Å². The van der Waals surface area contributed by atoms with Gasteiger partial charge in [-0.05, 0) is 24.5 Å². The molecule has 1 aromatic rings. The minimum absolute atomic E-state index is 0.0349. The summed E-state index contributed by atoms with van der Waals surface area (Å²) in [6, 6.07) is 5.10. The molecule has 1 aliphatic rings. The van der Waals surface area contributed by atoms with Crippen molar-refractivity contribution in [2.24, 2.45) is 5.92 Å². The fraction of sp³-hybridized carbons (Fsp3) is 0.455. The molecule has 2 rings (SSSR count). The van der Waals surface area contributed by atoms with Gasteiger partial charge in [0.05, 0.1) is 11.5 Å². The van der Waals surface area contributed by atoms with Crippen molar-refractivity contribution in [2.75, 3.05) is 18.1 Å². The Morgan fingerprint density at radius 1 is 1.47 bits per heavy atom. The Hall–Kier alpha value is -1.43. The zero-order valence-electron chi connectivity index (χ0n) is 9.30. The van der Waals surface area contributed by atoms with Crippen molar-refractivity contribution < 1.29 is 13.2 Å². The Morgan fingerprint density at radius 2 is 2.29 bits per heavy atom. The summed E-state index contributed by atoms with van der Waals surface area (Å²) < 4.78 is 22.5. The lowest BCUT2D eigenvalue weighted by atomic mass is 10.1. The number of carbonyl (C=O) groups excluding carboxylic acids is 1. The molecule has 1 atom stereocenters. The van der Waals surface area contributed by atoms with Crippen LogP contribution in [0.25, 0.3) is 0 Å². The summed E-state index contributed by atoms with van der Waals surface area (Å²) >= 11 is 0. The second-order valence-electron chi connectivity index (χ2n) is 4.19. The molecule has 0 radical (unpaired) electrons. The molecule has 0 aromatic carbocycles. The number of pyridine rings is 1. The number of aromatic nitrogens is 1. The second-order valence-corrected chi connectivity index (χ2v) is 6.42. The van der Waals surface area contributed by atoms with Crippen LogP contribution in [0.15, 0.2) is 24.4 Å². The van der Waals surface area contributed by atoms with Crippen molar-refractivity contribution in [2.45, 2.75) is 6.42 Å². The van der Waals surface area contributed by atoms with Crippen LogP contribution >= 0.6 is 0 Å². The average Bonchev–Trinajstić information content (AvgIpc) is 2.67. The first-order valence-corrected chi connectivity index (χ1v) is 7.28. The van der Waals surface area contributed by atoms with Gasteiger partial charge in [0.2, 0.25) is 0 Å². The van der Waals surface area contributed by atoms with Crippen molar-refractivity contribution in [3.05, 3.63) is 30.1 Å². The van der Waals surface area contributed by atoms with Gasteiger partial charge in [0.1, 0.15) is 5.69 Å². The lowest BCUT2D eigenvalue weighted by molar-refractivity contribution is 0.0943. The molecule has 0 unspecified atom stereocenters. The first kappa shape index (κ1) is 12.0. The molecule has 6 heteroatoms. The highest BCUT2D eigenvalue weighted by atomic mass is 32.2. The summed E-state index contributed by atoms with van der Waals surface area (Å²) in [6.45, 7) is 0.397. The number of rotatable bonds is 3. The number of hydrogen-bond donors (Lipinski definition) is 1. The molecule has 1 N–H and O–H groups in total. The fourth-order valence-corrected chi connectivity index (χ4v) is 3.72. The summed E-state index contributed by atoms with van der Waals surface area (Å²) in [4.78, 5) is 15.6. The standard InChI is InChI=1S/C11H14N2O3S/c14-11(10-3-1-2-5-12-10)13-7-9-4-6-17(15,16)8-9/h1-3,5,9H,4,6-8H2,(H,13,14)/t9-/m0/s1. The second kappa shape index (κ2) is 4.83. The van der Waals surface area contributed by atoms with Crippen molar-refractivity contribution in [1.82, 2.24) is 10.3 Å². The van der Waals surface area contributed by atoms with Crippen LogP contribution in [-0.4, -0.2) is 37.4 Å². The molecule has 1 fully saturated rings. The predicted molar refractivity (Wildman–Crippen MR) is 63.3 cm³/mol. The molecule has 0 spiro atoms. The number of amides is 1. The highest BCUT2D eigenvalue weighted by Crippen LogP contribution is 2.17. The zero-order valence-corrected chi connectivity index (χ0v) is 10.1. The van der Waals surface area contributed by atoms with Gasteiger partial charge in [0, 0.05) is 12.7 Å². The molecule has 1 amide bonds. The molecule has 0 bridgehead atoms. The normalized spacial score (nSPS) is 22.2. The molecular weight excluding hydrogens is 240 g/mol. The van der Waals surface area contributed by atoms with E-state index in [9.17, 15) is 13.2 Å². The topological polar surface area (TPSA) is 76.1 Å². The summed E-state index contributed by atoms with van der Waals surface area (Å²) in [5, 5.41) is 2.71. The first-order chi connectivity index (χ1) is 8.07. The number of nitrogens with one attached hydrogen (secondary N) is 1. The smallest absolute Gasteiger partial charge is 0.269 e.